The van der Waals surface area contributed by atoms with Crippen LogP contribution in [0.15, 0.2) is 48.5 Å². The van der Waals surface area contributed by atoms with E-state index in [0.717, 1.165) is 16.9 Å². The van der Waals surface area contributed by atoms with Crippen molar-refractivity contribution in [3.8, 4) is 17.1 Å². The fourth-order valence-electron chi connectivity index (χ4n) is 2.49. The van der Waals surface area contributed by atoms with Crippen LogP contribution in [0.4, 0.5) is 5.69 Å². The van der Waals surface area contributed by atoms with Gasteiger partial charge in [0.05, 0.1) is 7.11 Å². The number of hydrogen-bond donors (Lipinski definition) is 2. The summed E-state index contributed by atoms with van der Waals surface area (Å²) in [6.07, 6.45) is 0. The minimum absolute atomic E-state index is 0.0740. The number of methoxy groups -OCH3 is 1. The molecule has 0 spiro atoms. The molecule has 0 saturated heterocycles. The van der Waals surface area contributed by atoms with Crippen LogP contribution in [0.1, 0.15) is 5.56 Å². The summed E-state index contributed by atoms with van der Waals surface area (Å²) < 4.78 is 7.19. The van der Waals surface area contributed by atoms with Crippen molar-refractivity contribution < 1.29 is 9.53 Å². The van der Waals surface area contributed by atoms with Gasteiger partial charge in [0.25, 0.3) is 0 Å². The fraction of sp³-hybridized carbons (Fsp3) is 0.167. The van der Waals surface area contributed by atoms with Crippen LogP contribution in [0.25, 0.3) is 11.4 Å². The van der Waals surface area contributed by atoms with Crippen molar-refractivity contribution in [1.29, 1.82) is 0 Å². The lowest BCUT2D eigenvalue weighted by atomic mass is 10.1. The van der Waals surface area contributed by atoms with Crippen molar-refractivity contribution in [2.75, 3.05) is 12.4 Å². The van der Waals surface area contributed by atoms with E-state index in [1.54, 1.807) is 35.9 Å². The first kappa shape index (κ1) is 16.9. The normalized spacial score (nSPS) is 10.5. The van der Waals surface area contributed by atoms with E-state index < -0.39 is 0 Å². The summed E-state index contributed by atoms with van der Waals surface area (Å²) in [5.74, 6) is 1.19. The minimum Gasteiger partial charge on any atom is -0.497 e. The molecule has 2 N–H and O–H groups in total. The molecule has 0 aliphatic carbocycles. The first-order valence-corrected chi connectivity index (χ1v) is 8.14. The number of aromatic nitrogens is 3. The number of nitrogens with one attached hydrogen (secondary N) is 2. The number of carbonyl (C=O) groups is 1. The van der Waals surface area contributed by atoms with Crippen LogP contribution in [0.5, 0.6) is 5.75 Å². The van der Waals surface area contributed by atoms with Gasteiger partial charge < -0.3 is 10.1 Å². The van der Waals surface area contributed by atoms with Crippen molar-refractivity contribution >= 4 is 23.8 Å². The molecule has 0 bridgehead atoms. The number of anilines is 1. The number of benzene rings is 2. The Morgan fingerprint density at radius 2 is 2.04 bits per heavy atom. The van der Waals surface area contributed by atoms with Crippen molar-refractivity contribution in [1.82, 2.24) is 14.8 Å². The number of ether oxygens (including phenoxy) is 1. The summed E-state index contributed by atoms with van der Waals surface area (Å²) in [6, 6.07) is 15.0. The summed E-state index contributed by atoms with van der Waals surface area (Å²) in [5.41, 5.74) is 2.71. The quantitative estimate of drug-likeness (QED) is 0.687. The molecule has 6 nitrogen and oxygen atoms in total. The molecule has 7 heteroatoms. The zero-order valence-electron chi connectivity index (χ0n) is 13.9. The Morgan fingerprint density at radius 1 is 1.28 bits per heavy atom. The van der Waals surface area contributed by atoms with Gasteiger partial charge in [-0.1, -0.05) is 23.8 Å². The van der Waals surface area contributed by atoms with Gasteiger partial charge in [-0.3, -0.25) is 14.5 Å². The average molecular weight is 354 g/mol. The third kappa shape index (κ3) is 3.95. The van der Waals surface area contributed by atoms with Crippen molar-refractivity contribution in [2.45, 2.75) is 13.5 Å². The van der Waals surface area contributed by atoms with E-state index in [1.807, 2.05) is 31.2 Å². The second kappa shape index (κ2) is 7.31. The first-order valence-electron chi connectivity index (χ1n) is 7.73. The molecule has 2 aromatic carbocycles. The molecule has 0 unspecified atom stereocenters. The monoisotopic (exact) mass is 354 g/mol. The van der Waals surface area contributed by atoms with E-state index in [1.165, 1.54) is 0 Å². The molecule has 0 saturated carbocycles. The van der Waals surface area contributed by atoms with E-state index in [9.17, 15) is 4.79 Å². The topological polar surface area (TPSA) is 71.9 Å². The highest BCUT2D eigenvalue weighted by Crippen LogP contribution is 2.19. The predicted octanol–water partition coefficient (Wildman–Crippen LogP) is 3.56. The lowest BCUT2D eigenvalue weighted by Crippen LogP contribution is -2.19. The molecule has 0 aliphatic rings. The highest BCUT2D eigenvalue weighted by atomic mass is 32.1. The van der Waals surface area contributed by atoms with Crippen LogP contribution < -0.4 is 10.1 Å². The largest absolute Gasteiger partial charge is 0.497 e. The zero-order valence-corrected chi connectivity index (χ0v) is 14.8. The Bertz CT molecular complexity index is 944. The van der Waals surface area contributed by atoms with E-state index >= 15 is 0 Å². The Kier molecular flexibility index (Phi) is 4.95. The van der Waals surface area contributed by atoms with Gasteiger partial charge in [-0.05, 0) is 49.5 Å². The zero-order chi connectivity index (χ0) is 17.8. The summed E-state index contributed by atoms with van der Waals surface area (Å²) >= 11 is 5.27. The van der Waals surface area contributed by atoms with Crippen LogP contribution in [0.2, 0.25) is 0 Å². The number of hydrogen-bond acceptors (Lipinski definition) is 4. The van der Waals surface area contributed by atoms with E-state index in [-0.39, 0.29) is 12.5 Å². The van der Waals surface area contributed by atoms with E-state index in [4.69, 9.17) is 17.0 Å². The Balaban J connectivity index is 1.79. The first-order chi connectivity index (χ1) is 12.1. The van der Waals surface area contributed by atoms with Gasteiger partial charge in [-0.2, -0.15) is 5.10 Å². The molecule has 0 fully saturated rings. The van der Waals surface area contributed by atoms with Gasteiger partial charge in [0.2, 0.25) is 5.91 Å². The summed E-state index contributed by atoms with van der Waals surface area (Å²) in [4.78, 5) is 12.4. The van der Waals surface area contributed by atoms with Crippen LogP contribution in [-0.4, -0.2) is 27.8 Å². The molecule has 3 aromatic rings. The number of aromatic amines is 1. The maximum Gasteiger partial charge on any atom is 0.244 e. The second-order valence-electron chi connectivity index (χ2n) is 5.58. The molecule has 1 heterocycles. The predicted molar refractivity (Wildman–Crippen MR) is 99.2 cm³/mol. The number of carbonyl (C=O) groups excluding carboxylic acids is 1. The smallest absolute Gasteiger partial charge is 0.244 e. The molecular weight excluding hydrogens is 336 g/mol. The van der Waals surface area contributed by atoms with Gasteiger partial charge in [0.15, 0.2) is 10.6 Å². The van der Waals surface area contributed by atoms with Crippen molar-refractivity contribution in [3.63, 3.8) is 0 Å². The number of H-pyrrole nitrogens is 1. The van der Waals surface area contributed by atoms with E-state index in [0.29, 0.717) is 16.3 Å². The maximum atomic E-state index is 12.4. The van der Waals surface area contributed by atoms with Gasteiger partial charge in [0, 0.05) is 11.3 Å². The summed E-state index contributed by atoms with van der Waals surface area (Å²) in [6.45, 7) is 2.08. The third-order valence-corrected chi connectivity index (χ3v) is 4.02. The fourth-order valence-corrected chi connectivity index (χ4v) is 2.68. The van der Waals surface area contributed by atoms with Crippen LogP contribution in [-0.2, 0) is 11.3 Å². The Hall–Kier alpha value is -2.93. The molecule has 1 amide bonds. The minimum atomic E-state index is -0.184. The van der Waals surface area contributed by atoms with Crippen LogP contribution in [0, 0.1) is 11.7 Å². The third-order valence-electron chi connectivity index (χ3n) is 3.71. The SMILES string of the molecule is COc1ccc(NC(=O)Cn2c(-c3cccc(C)c3)n[nH]c2=S)cc1. The van der Waals surface area contributed by atoms with Crippen LogP contribution >= 0.6 is 12.2 Å². The molecular formula is C18H18N4O2S. The molecule has 1 aromatic heterocycles. The maximum absolute atomic E-state index is 12.4. The highest BCUT2D eigenvalue weighted by Gasteiger charge is 2.12. The molecule has 3 rings (SSSR count). The van der Waals surface area contributed by atoms with Gasteiger partial charge >= 0.3 is 0 Å². The molecule has 0 radical (unpaired) electrons. The molecule has 25 heavy (non-hydrogen) atoms. The molecule has 0 aliphatic heterocycles. The second-order valence-corrected chi connectivity index (χ2v) is 5.97. The lowest BCUT2D eigenvalue weighted by molar-refractivity contribution is -0.116. The van der Waals surface area contributed by atoms with Gasteiger partial charge in [-0.15, -0.1) is 0 Å². The van der Waals surface area contributed by atoms with E-state index in [2.05, 4.69) is 15.5 Å². The van der Waals surface area contributed by atoms with Gasteiger partial charge in [-0.25, -0.2) is 0 Å². The van der Waals surface area contributed by atoms with Gasteiger partial charge in [0.1, 0.15) is 12.3 Å². The Labute approximate surface area is 150 Å². The number of aryl methyl sites for hydroxylation is 1. The highest BCUT2D eigenvalue weighted by molar-refractivity contribution is 7.71. The van der Waals surface area contributed by atoms with Crippen molar-refractivity contribution in [3.05, 3.63) is 58.9 Å². The summed E-state index contributed by atoms with van der Waals surface area (Å²) in [5, 5.41) is 9.86. The van der Waals surface area contributed by atoms with Crippen LogP contribution in [0.3, 0.4) is 0 Å². The number of amides is 1. The Morgan fingerprint density at radius 3 is 2.72 bits per heavy atom. The lowest BCUT2D eigenvalue weighted by Gasteiger charge is -2.09. The number of nitrogens with zero attached hydrogens (tertiary/aromatic N) is 2. The average Bonchev–Trinajstić information content (AvgIpc) is 2.96. The molecule has 0 atom stereocenters. The molecule has 128 valence electrons. The standard InChI is InChI=1S/C18H18N4O2S/c1-12-4-3-5-13(10-12)17-20-21-18(25)22(17)11-16(23)19-14-6-8-15(24-2)9-7-14/h3-10H,11H2,1-2H3,(H,19,23)(H,21,25). The number of rotatable bonds is 5. The summed E-state index contributed by atoms with van der Waals surface area (Å²) in [7, 11) is 1.60. The van der Waals surface area contributed by atoms with Crippen molar-refractivity contribution in [2.24, 2.45) is 0 Å².